The predicted octanol–water partition coefficient (Wildman–Crippen LogP) is 2.34. The van der Waals surface area contributed by atoms with Gasteiger partial charge in [0.1, 0.15) is 0 Å². The summed E-state index contributed by atoms with van der Waals surface area (Å²) in [5.74, 6) is 2.31. The molecule has 0 N–H and O–H groups in total. The van der Waals surface area contributed by atoms with Crippen molar-refractivity contribution < 1.29 is 12.6 Å². The first-order valence-corrected chi connectivity index (χ1v) is 12.0. The maximum absolute atomic E-state index is 11.1. The molecule has 0 saturated heterocycles. The zero-order chi connectivity index (χ0) is 16.2. The third-order valence-corrected chi connectivity index (χ3v) is 7.81. The molecule has 2 aromatic rings. The summed E-state index contributed by atoms with van der Waals surface area (Å²) in [6.07, 6.45) is 0. The van der Waals surface area contributed by atoms with E-state index in [0.29, 0.717) is 0 Å². The summed E-state index contributed by atoms with van der Waals surface area (Å²) in [6, 6.07) is 14.9. The van der Waals surface area contributed by atoms with E-state index in [0.717, 1.165) is 12.7 Å². The Bertz CT molecular complexity index is 770. The van der Waals surface area contributed by atoms with Crippen LogP contribution in [0.25, 0.3) is 0 Å². The van der Waals surface area contributed by atoms with E-state index in [1.165, 1.54) is 22.3 Å². The van der Waals surface area contributed by atoms with E-state index < -0.39 is 24.0 Å². The molecule has 1 aliphatic rings. The maximum atomic E-state index is 11.1. The molecule has 0 fully saturated rings. The van der Waals surface area contributed by atoms with Gasteiger partial charge >= 0.3 is 64.2 Å². The van der Waals surface area contributed by atoms with Gasteiger partial charge in [0.15, 0.2) is 0 Å². The second kappa shape index (κ2) is 7.20. The van der Waals surface area contributed by atoms with Crippen LogP contribution in [0.4, 0.5) is 5.69 Å². The SMILES string of the molecule is COS(=O)(=O)c1ccc(C)cc1.C[SeH]1C=Nc2ccccc21. The van der Waals surface area contributed by atoms with Gasteiger partial charge in [0.05, 0.1) is 12.0 Å². The summed E-state index contributed by atoms with van der Waals surface area (Å²) < 4.78 is 28.0. The molecule has 0 spiro atoms. The molecule has 2 aromatic carbocycles. The van der Waals surface area contributed by atoms with Crippen LogP contribution in [-0.4, -0.2) is 34.5 Å². The van der Waals surface area contributed by atoms with Crippen LogP contribution >= 0.6 is 0 Å². The van der Waals surface area contributed by atoms with E-state index in [-0.39, 0.29) is 4.90 Å². The topological polar surface area (TPSA) is 55.7 Å². The van der Waals surface area contributed by atoms with Crippen LogP contribution in [0.3, 0.4) is 0 Å². The van der Waals surface area contributed by atoms with Crippen molar-refractivity contribution in [1.82, 2.24) is 0 Å². The van der Waals surface area contributed by atoms with Crippen molar-refractivity contribution in [2.45, 2.75) is 17.6 Å². The van der Waals surface area contributed by atoms with Crippen molar-refractivity contribution in [1.29, 1.82) is 0 Å². The Morgan fingerprint density at radius 1 is 1.05 bits per heavy atom. The second-order valence-electron chi connectivity index (χ2n) is 4.78. The summed E-state index contributed by atoms with van der Waals surface area (Å²) >= 11 is -0.801. The van der Waals surface area contributed by atoms with Crippen LogP contribution in [0, 0.1) is 6.92 Å². The molecule has 0 amide bonds. The van der Waals surface area contributed by atoms with Gasteiger partial charge in [-0.3, -0.25) is 4.18 Å². The van der Waals surface area contributed by atoms with Gasteiger partial charge in [-0.2, -0.15) is 8.42 Å². The number of aliphatic imine (C=N–C) groups is 1. The Morgan fingerprint density at radius 2 is 1.68 bits per heavy atom. The van der Waals surface area contributed by atoms with E-state index in [1.54, 1.807) is 12.1 Å². The number of fused-ring (bicyclic) bond motifs is 1. The molecule has 0 radical (unpaired) electrons. The van der Waals surface area contributed by atoms with Gasteiger partial charge in [-0.25, -0.2) is 0 Å². The summed E-state index contributed by atoms with van der Waals surface area (Å²) in [5.41, 5.74) is 2.22. The van der Waals surface area contributed by atoms with Crippen molar-refractivity contribution in [3.05, 3.63) is 54.1 Å². The van der Waals surface area contributed by atoms with Crippen molar-refractivity contribution in [3.8, 4) is 0 Å². The minimum atomic E-state index is -3.51. The fourth-order valence-electron chi connectivity index (χ4n) is 1.88. The van der Waals surface area contributed by atoms with Crippen LogP contribution in [0.5, 0.6) is 0 Å². The van der Waals surface area contributed by atoms with Crippen LogP contribution in [0.15, 0.2) is 58.4 Å². The molecular formula is C16H19NO3SSe. The Hall–Kier alpha value is -1.46. The first-order chi connectivity index (χ1) is 10.4. The summed E-state index contributed by atoms with van der Waals surface area (Å²) in [7, 11) is -2.37. The molecule has 0 aliphatic carbocycles. The Kier molecular flexibility index (Phi) is 5.53. The number of benzene rings is 2. The molecule has 1 heterocycles. The zero-order valence-corrected chi connectivity index (χ0v) is 15.4. The Morgan fingerprint density at radius 3 is 2.27 bits per heavy atom. The molecule has 0 aromatic heterocycles. The molecular weight excluding hydrogens is 365 g/mol. The monoisotopic (exact) mass is 385 g/mol. The molecule has 118 valence electrons. The Labute approximate surface area is 135 Å². The quantitative estimate of drug-likeness (QED) is 0.590. The van der Waals surface area contributed by atoms with Crippen molar-refractivity contribution in [3.63, 3.8) is 0 Å². The average Bonchev–Trinajstić information content (AvgIpc) is 2.90. The average molecular weight is 384 g/mol. The molecule has 0 bridgehead atoms. The molecule has 3 rings (SSSR count). The zero-order valence-electron chi connectivity index (χ0n) is 12.7. The van der Waals surface area contributed by atoms with Gasteiger partial charge in [-0.1, -0.05) is 17.7 Å². The van der Waals surface area contributed by atoms with Crippen LogP contribution < -0.4 is 4.46 Å². The van der Waals surface area contributed by atoms with Gasteiger partial charge < -0.3 is 0 Å². The van der Waals surface area contributed by atoms with Crippen LogP contribution in [0.1, 0.15) is 5.56 Å². The third-order valence-electron chi connectivity index (χ3n) is 3.16. The summed E-state index contributed by atoms with van der Waals surface area (Å²) in [4.78, 5) is 4.51. The minimum absolute atomic E-state index is 0.190. The molecule has 1 aliphatic heterocycles. The second-order valence-corrected chi connectivity index (χ2v) is 10.5. The normalized spacial score (nSPS) is 17.5. The van der Waals surface area contributed by atoms with Gasteiger partial charge in [-0.15, -0.1) is 0 Å². The number of aryl methyl sites for hydroxylation is 1. The first-order valence-electron chi connectivity index (χ1n) is 6.67. The number of para-hydroxylation sites is 1. The number of nitrogens with zero attached hydrogens (tertiary/aromatic N) is 1. The number of rotatable bonds is 2. The molecule has 1 atom stereocenters. The van der Waals surface area contributed by atoms with Gasteiger partial charge in [0, 0.05) is 0 Å². The van der Waals surface area contributed by atoms with E-state index in [2.05, 4.69) is 38.3 Å². The molecule has 22 heavy (non-hydrogen) atoms. The number of hydrogen-bond acceptors (Lipinski definition) is 4. The van der Waals surface area contributed by atoms with E-state index in [1.807, 2.05) is 13.0 Å². The predicted molar refractivity (Wildman–Crippen MR) is 92.6 cm³/mol. The Balaban J connectivity index is 0.000000162. The van der Waals surface area contributed by atoms with Gasteiger partial charge in [0.2, 0.25) is 0 Å². The first kappa shape index (κ1) is 16.9. The fourth-order valence-corrected chi connectivity index (χ4v) is 5.14. The molecule has 1 unspecified atom stereocenters. The standard InChI is InChI=1S/C8H9NSe.C8H10O3S/c1-10-6-9-7-4-2-3-5-8(7)10;1-7-3-5-8(6-4-7)12(9,10)11-2/h2-6,10H,1H3;3-6H,1-2H3. The van der Waals surface area contributed by atoms with Crippen molar-refractivity contribution in [2.75, 3.05) is 7.11 Å². The van der Waals surface area contributed by atoms with E-state index >= 15 is 0 Å². The van der Waals surface area contributed by atoms with Crippen molar-refractivity contribution >= 4 is 39.3 Å². The van der Waals surface area contributed by atoms with E-state index in [9.17, 15) is 8.42 Å². The van der Waals surface area contributed by atoms with Crippen LogP contribution in [0.2, 0.25) is 5.82 Å². The molecule has 6 heteroatoms. The summed E-state index contributed by atoms with van der Waals surface area (Å²) in [6.45, 7) is 1.89. The molecule has 4 nitrogen and oxygen atoms in total. The van der Waals surface area contributed by atoms with E-state index in [4.69, 9.17) is 0 Å². The van der Waals surface area contributed by atoms with Gasteiger partial charge in [0.25, 0.3) is 10.1 Å². The van der Waals surface area contributed by atoms with Gasteiger partial charge in [-0.05, 0) is 19.1 Å². The summed E-state index contributed by atoms with van der Waals surface area (Å²) in [5, 5.41) is 2.14. The third kappa shape index (κ3) is 4.05. The molecule has 0 saturated carbocycles. The fraction of sp³-hybridized carbons (Fsp3) is 0.188. The van der Waals surface area contributed by atoms with Crippen molar-refractivity contribution in [2.24, 2.45) is 4.99 Å². The van der Waals surface area contributed by atoms with Crippen LogP contribution in [-0.2, 0) is 14.3 Å². The number of hydrogen-bond donors (Lipinski definition) is 0.